The van der Waals surface area contributed by atoms with Crippen molar-refractivity contribution in [2.45, 2.75) is 237 Å². The van der Waals surface area contributed by atoms with Crippen LogP contribution in [0.1, 0.15) is 219 Å². The Hall–Kier alpha value is -0.870. The Morgan fingerprint density at radius 2 is 0.788 bits per heavy atom. The minimum Gasteiger partial charge on any atom is -0.394 e. The molecule has 3 atom stereocenters. The maximum absolute atomic E-state index is 13.3. The lowest BCUT2D eigenvalue weighted by molar-refractivity contribution is -0.165. The number of ether oxygens (including phenoxy) is 1. The van der Waals surface area contributed by atoms with Gasteiger partial charge in [0.25, 0.3) is 0 Å². The number of carbonyl (C=O) groups excluding carboxylic acids is 2. The van der Waals surface area contributed by atoms with E-state index in [1.165, 1.54) is 128 Å². The van der Waals surface area contributed by atoms with E-state index in [1.807, 2.05) is 0 Å². The molecule has 0 heterocycles. The van der Waals surface area contributed by atoms with Crippen molar-refractivity contribution >= 4 is 19.4 Å². The van der Waals surface area contributed by atoms with Crippen molar-refractivity contribution in [3.05, 3.63) is 0 Å². The van der Waals surface area contributed by atoms with E-state index in [2.05, 4.69) is 13.8 Å². The van der Waals surface area contributed by atoms with Crippen LogP contribution in [0.3, 0.4) is 0 Å². The van der Waals surface area contributed by atoms with Crippen LogP contribution >= 0.6 is 7.60 Å². The molecule has 0 saturated carbocycles. The summed E-state index contributed by atoms with van der Waals surface area (Å²) < 4.78 is 17.3. The predicted molar refractivity (Wildman–Crippen MR) is 212 cm³/mol. The summed E-state index contributed by atoms with van der Waals surface area (Å²) in [4.78, 5) is 47.0. The number of nitrogens with zero attached hydrogens (tertiary/aromatic N) is 1. The maximum Gasteiger partial charge on any atom is 0.358 e. The molecule has 0 aromatic carbocycles. The molecule has 52 heavy (non-hydrogen) atoms. The van der Waals surface area contributed by atoms with Gasteiger partial charge in [0, 0.05) is 12.8 Å². The van der Waals surface area contributed by atoms with Crippen LogP contribution in [0.25, 0.3) is 0 Å². The summed E-state index contributed by atoms with van der Waals surface area (Å²) in [5.41, 5.74) is 0. The zero-order valence-corrected chi connectivity index (χ0v) is 34.4. The van der Waals surface area contributed by atoms with Gasteiger partial charge in [-0.25, -0.2) is 0 Å². The Balaban J connectivity index is 4.65. The number of unbranched alkanes of at least 4 members (excludes halogenated alkanes) is 28. The van der Waals surface area contributed by atoms with Gasteiger partial charge in [0.05, 0.1) is 13.2 Å². The summed E-state index contributed by atoms with van der Waals surface area (Å²) >= 11 is 0. The molecule has 0 aliphatic carbocycles. The molecule has 2 unspecified atom stereocenters. The highest BCUT2D eigenvalue weighted by atomic mass is 31.2. The van der Waals surface area contributed by atoms with E-state index in [4.69, 9.17) is 9.84 Å². The molecule has 5 N–H and O–H groups in total. The Morgan fingerprint density at radius 3 is 1.04 bits per heavy atom. The van der Waals surface area contributed by atoms with E-state index < -0.39 is 50.8 Å². The quantitative estimate of drug-likeness (QED) is 0.0233. The number of rotatable bonds is 39. The van der Waals surface area contributed by atoms with Gasteiger partial charge in [0.1, 0.15) is 6.10 Å². The van der Waals surface area contributed by atoms with E-state index in [0.717, 1.165) is 51.4 Å². The Bertz CT molecular complexity index is 825. The van der Waals surface area contributed by atoms with Crippen LogP contribution in [0.5, 0.6) is 0 Å². The number of aliphatic hydroxyl groups is 3. The monoisotopic (exact) mass is 764 g/mol. The first kappa shape index (κ1) is 51.1. The number of hydrogen-bond donors (Lipinski definition) is 5. The molecular weight excluding hydrogens is 681 g/mol. The highest BCUT2D eigenvalue weighted by Crippen LogP contribution is 2.44. The van der Waals surface area contributed by atoms with Gasteiger partial charge in [0.15, 0.2) is 6.23 Å². The lowest BCUT2D eigenvalue weighted by atomic mass is 10.0. The predicted octanol–water partition coefficient (Wildman–Crippen LogP) is 10.1. The molecule has 10 nitrogen and oxygen atoms in total. The van der Waals surface area contributed by atoms with Crippen molar-refractivity contribution in [3.63, 3.8) is 0 Å². The smallest absolute Gasteiger partial charge is 0.358 e. The third-order valence-electron chi connectivity index (χ3n) is 10.0. The molecule has 0 radical (unpaired) electrons. The number of imide groups is 1. The van der Waals surface area contributed by atoms with Gasteiger partial charge in [-0.15, -0.1) is 0 Å². The van der Waals surface area contributed by atoms with Crippen LogP contribution in [0, 0.1) is 0 Å². The van der Waals surface area contributed by atoms with Gasteiger partial charge in [-0.2, -0.15) is 0 Å². The summed E-state index contributed by atoms with van der Waals surface area (Å²) in [5.74, 6) is -3.63. The average molecular weight is 764 g/mol. The van der Waals surface area contributed by atoms with Crippen molar-refractivity contribution in [2.24, 2.45) is 0 Å². The number of amides is 2. The first-order valence-electron chi connectivity index (χ1n) is 21.6. The number of carbonyl (C=O) groups is 2. The minimum absolute atomic E-state index is 0.0347. The van der Waals surface area contributed by atoms with Gasteiger partial charge in [-0.1, -0.05) is 194 Å². The van der Waals surface area contributed by atoms with Crippen molar-refractivity contribution in [3.8, 4) is 0 Å². The second-order valence-electron chi connectivity index (χ2n) is 15.1. The first-order valence-corrected chi connectivity index (χ1v) is 23.3. The Kier molecular flexibility index (Phi) is 35.2. The fourth-order valence-electron chi connectivity index (χ4n) is 6.72. The second kappa shape index (κ2) is 35.8. The molecule has 0 aromatic heterocycles. The summed E-state index contributed by atoms with van der Waals surface area (Å²) in [6.45, 7) is 3.08. The lowest BCUT2D eigenvalue weighted by Crippen LogP contribution is -2.51. The topological polar surface area (TPSA) is 165 Å². The van der Waals surface area contributed by atoms with E-state index in [-0.39, 0.29) is 12.8 Å². The van der Waals surface area contributed by atoms with Gasteiger partial charge in [-0.3, -0.25) is 19.1 Å². The highest BCUT2D eigenvalue weighted by molar-refractivity contribution is 7.52. The van der Waals surface area contributed by atoms with Gasteiger partial charge >= 0.3 is 7.60 Å². The zero-order valence-electron chi connectivity index (χ0n) is 33.5. The Morgan fingerprint density at radius 1 is 0.519 bits per heavy atom. The van der Waals surface area contributed by atoms with Crippen LogP contribution in [-0.4, -0.2) is 73.2 Å². The van der Waals surface area contributed by atoms with Gasteiger partial charge < -0.3 is 29.8 Å². The van der Waals surface area contributed by atoms with Crippen molar-refractivity contribution in [2.75, 3.05) is 13.2 Å². The molecule has 0 saturated heterocycles. The molecule has 0 spiro atoms. The van der Waals surface area contributed by atoms with Crippen LogP contribution in [0.15, 0.2) is 0 Å². The van der Waals surface area contributed by atoms with Gasteiger partial charge in [-0.05, 0) is 12.8 Å². The molecule has 11 heteroatoms. The van der Waals surface area contributed by atoms with Crippen molar-refractivity contribution in [1.29, 1.82) is 0 Å². The van der Waals surface area contributed by atoms with Crippen LogP contribution in [0.2, 0.25) is 0 Å². The molecule has 0 rings (SSSR count). The Labute approximate surface area is 318 Å². The van der Waals surface area contributed by atoms with E-state index in [0.29, 0.717) is 17.7 Å². The molecule has 0 bridgehead atoms. The van der Waals surface area contributed by atoms with Crippen molar-refractivity contribution in [1.82, 2.24) is 4.90 Å². The zero-order chi connectivity index (χ0) is 38.7. The van der Waals surface area contributed by atoms with Gasteiger partial charge in [0.2, 0.25) is 17.7 Å². The molecular formula is C41H82NO9P. The summed E-state index contributed by atoms with van der Waals surface area (Å²) in [7, 11) is -5.17. The fourth-order valence-corrected chi connectivity index (χ4v) is 7.48. The SMILES string of the molecule is CCCCCCCCCCCCCCCCCC(=O)N(C(=O)CCCCCCCCCCCCCCCCC)C(O)C(OC[C@@H](O)CO)P(=O)(O)O. The van der Waals surface area contributed by atoms with E-state index >= 15 is 0 Å². The third-order valence-corrected chi connectivity index (χ3v) is 11.1. The van der Waals surface area contributed by atoms with Crippen LogP contribution < -0.4 is 0 Å². The summed E-state index contributed by atoms with van der Waals surface area (Å²) in [6.07, 6.45) is 31.3. The average Bonchev–Trinajstić information content (AvgIpc) is 3.11. The second-order valence-corrected chi connectivity index (χ2v) is 16.8. The molecule has 0 aliphatic heterocycles. The number of aliphatic hydroxyl groups excluding tert-OH is 3. The maximum atomic E-state index is 13.3. The molecule has 2 amide bonds. The van der Waals surface area contributed by atoms with Crippen LogP contribution in [0.4, 0.5) is 0 Å². The molecule has 0 aliphatic rings. The lowest BCUT2D eigenvalue weighted by Gasteiger charge is -2.32. The van der Waals surface area contributed by atoms with E-state index in [9.17, 15) is 34.2 Å². The molecule has 0 fully saturated rings. The number of hydrogen-bond acceptors (Lipinski definition) is 7. The summed E-state index contributed by atoms with van der Waals surface area (Å²) in [5, 5.41) is 29.8. The largest absolute Gasteiger partial charge is 0.394 e. The summed E-state index contributed by atoms with van der Waals surface area (Å²) in [6, 6.07) is 0. The fraction of sp³-hybridized carbons (Fsp3) is 0.951. The first-order chi connectivity index (χ1) is 25.1. The molecule has 0 aromatic rings. The highest BCUT2D eigenvalue weighted by Gasteiger charge is 2.43. The minimum atomic E-state index is -5.17. The van der Waals surface area contributed by atoms with E-state index in [1.54, 1.807) is 0 Å². The standard InChI is InChI=1S/C41H82NO9P/c1-3-5-7-9-11-13-15-17-19-21-23-25-27-29-31-33-38(45)42(40(47)41(52(48,49)50)51-36-37(44)35-43)39(46)34-32-30-28-26-24-22-20-18-16-14-12-10-8-6-4-2/h37,40-41,43-44,47H,3-36H2,1-2H3,(H2,48,49,50)/t37-,40?,41?/m0/s1. The molecule has 310 valence electrons. The third kappa shape index (κ3) is 29.5. The normalized spacial score (nSPS) is 13.7. The van der Waals surface area contributed by atoms with Crippen LogP contribution in [-0.2, 0) is 18.9 Å². The van der Waals surface area contributed by atoms with Crippen molar-refractivity contribution < 1.29 is 44.0 Å².